The van der Waals surface area contributed by atoms with Gasteiger partial charge in [0.15, 0.2) is 0 Å². The first-order valence-electron chi connectivity index (χ1n) is 12.7. The Morgan fingerprint density at radius 2 is 1.76 bits per heavy atom. The summed E-state index contributed by atoms with van der Waals surface area (Å²) in [5.74, 6) is 2.26. The molecule has 0 atom stereocenters. The molecule has 3 aromatic carbocycles. The number of aryl methyl sites for hydroxylation is 2. The third kappa shape index (κ3) is 6.48. The van der Waals surface area contributed by atoms with E-state index in [0.29, 0.717) is 18.3 Å². The Balaban J connectivity index is 1.10. The van der Waals surface area contributed by atoms with E-state index in [9.17, 15) is 4.79 Å². The van der Waals surface area contributed by atoms with E-state index < -0.39 is 0 Å². The highest BCUT2D eigenvalue weighted by molar-refractivity contribution is 7.98. The molecule has 7 heteroatoms. The number of piperidine rings is 1. The number of benzene rings is 3. The first-order valence-corrected chi connectivity index (χ1v) is 13.7. The molecule has 1 saturated heterocycles. The minimum absolute atomic E-state index is 0.00850. The summed E-state index contributed by atoms with van der Waals surface area (Å²) >= 11 is 1.82. The molecular weight excluding hydrogens is 480 g/mol. The molecule has 1 aliphatic heterocycles. The van der Waals surface area contributed by atoms with Crippen LogP contribution in [0, 0.1) is 19.8 Å². The molecule has 1 N–H and O–H groups in total. The highest BCUT2D eigenvalue weighted by Gasteiger charge is 2.26. The maximum Gasteiger partial charge on any atom is 0.241 e. The summed E-state index contributed by atoms with van der Waals surface area (Å²) in [6, 6.07) is 24.8. The van der Waals surface area contributed by atoms with Crippen LogP contribution in [0.2, 0.25) is 0 Å². The number of anilines is 1. The molecule has 0 spiro atoms. The SMILES string of the molecule is Cc1cc(CSc2ccccc2)ccc1NC(=O)C1CCN(Cc2nc(-c3ccccc3C)no2)CC1. The van der Waals surface area contributed by atoms with Crippen LogP contribution in [0.4, 0.5) is 5.69 Å². The molecule has 1 fully saturated rings. The van der Waals surface area contributed by atoms with Gasteiger partial charge in [-0.05, 0) is 74.7 Å². The van der Waals surface area contributed by atoms with Crippen molar-refractivity contribution in [3.8, 4) is 11.4 Å². The van der Waals surface area contributed by atoms with Crippen molar-refractivity contribution in [3.05, 3.63) is 95.4 Å². The summed E-state index contributed by atoms with van der Waals surface area (Å²) < 4.78 is 5.51. The number of carbonyl (C=O) groups is 1. The van der Waals surface area contributed by atoms with Gasteiger partial charge in [0.2, 0.25) is 17.6 Å². The van der Waals surface area contributed by atoms with Crippen molar-refractivity contribution in [3.63, 3.8) is 0 Å². The van der Waals surface area contributed by atoms with Crippen molar-refractivity contribution in [2.24, 2.45) is 5.92 Å². The van der Waals surface area contributed by atoms with Crippen molar-refractivity contribution < 1.29 is 9.32 Å². The van der Waals surface area contributed by atoms with Gasteiger partial charge in [0, 0.05) is 27.8 Å². The number of carbonyl (C=O) groups excluding carboxylic acids is 1. The van der Waals surface area contributed by atoms with E-state index in [1.807, 2.05) is 55.1 Å². The molecule has 1 aliphatic rings. The fraction of sp³-hybridized carbons (Fsp3) is 0.300. The lowest BCUT2D eigenvalue weighted by Gasteiger charge is -2.30. The Kier molecular flexibility index (Phi) is 8.02. The van der Waals surface area contributed by atoms with E-state index in [0.717, 1.165) is 54.1 Å². The second kappa shape index (κ2) is 11.8. The van der Waals surface area contributed by atoms with E-state index in [1.54, 1.807) is 0 Å². The lowest BCUT2D eigenvalue weighted by Crippen LogP contribution is -2.37. The predicted octanol–water partition coefficient (Wildman–Crippen LogP) is 6.50. The van der Waals surface area contributed by atoms with Crippen molar-refractivity contribution in [1.29, 1.82) is 0 Å². The Labute approximate surface area is 222 Å². The first kappa shape index (κ1) is 25.2. The topological polar surface area (TPSA) is 71.3 Å². The summed E-state index contributed by atoms with van der Waals surface area (Å²) in [6.45, 7) is 6.37. The minimum atomic E-state index is 0.00850. The molecule has 2 heterocycles. The quantitative estimate of drug-likeness (QED) is 0.272. The largest absolute Gasteiger partial charge is 0.338 e. The summed E-state index contributed by atoms with van der Waals surface area (Å²) in [5.41, 5.74) is 5.36. The number of amides is 1. The van der Waals surface area contributed by atoms with Crippen molar-refractivity contribution in [2.45, 2.75) is 43.9 Å². The van der Waals surface area contributed by atoms with Crippen molar-refractivity contribution in [2.75, 3.05) is 18.4 Å². The number of hydrogen-bond donors (Lipinski definition) is 1. The lowest BCUT2D eigenvalue weighted by atomic mass is 9.95. The number of aromatic nitrogens is 2. The summed E-state index contributed by atoms with van der Waals surface area (Å²) in [4.78, 5) is 21.1. The number of nitrogens with zero attached hydrogens (tertiary/aromatic N) is 3. The second-order valence-electron chi connectivity index (χ2n) is 9.62. The highest BCUT2D eigenvalue weighted by atomic mass is 32.2. The van der Waals surface area contributed by atoms with Gasteiger partial charge in [-0.25, -0.2) is 0 Å². The molecule has 6 nitrogen and oxygen atoms in total. The van der Waals surface area contributed by atoms with Gasteiger partial charge >= 0.3 is 0 Å². The third-order valence-corrected chi connectivity index (χ3v) is 7.95. The minimum Gasteiger partial charge on any atom is -0.338 e. The third-order valence-electron chi connectivity index (χ3n) is 6.87. The zero-order valence-corrected chi connectivity index (χ0v) is 22.1. The smallest absolute Gasteiger partial charge is 0.241 e. The molecule has 1 amide bonds. The van der Waals surface area contributed by atoms with E-state index in [2.05, 4.69) is 63.7 Å². The maximum absolute atomic E-state index is 13.0. The van der Waals surface area contributed by atoms with Crippen LogP contribution in [-0.4, -0.2) is 34.0 Å². The van der Waals surface area contributed by atoms with Crippen LogP contribution in [0.5, 0.6) is 0 Å². The average Bonchev–Trinajstić information content (AvgIpc) is 3.38. The van der Waals surface area contributed by atoms with Crippen LogP contribution >= 0.6 is 11.8 Å². The summed E-state index contributed by atoms with van der Waals surface area (Å²) in [5, 5.41) is 7.33. The average molecular weight is 513 g/mol. The van der Waals surface area contributed by atoms with Gasteiger partial charge in [-0.3, -0.25) is 9.69 Å². The zero-order chi connectivity index (χ0) is 25.6. The highest BCUT2D eigenvalue weighted by Crippen LogP contribution is 2.27. The maximum atomic E-state index is 13.0. The second-order valence-corrected chi connectivity index (χ2v) is 10.7. The molecule has 0 unspecified atom stereocenters. The van der Waals surface area contributed by atoms with Crippen LogP contribution in [0.1, 0.15) is 35.4 Å². The van der Waals surface area contributed by atoms with Crippen molar-refractivity contribution in [1.82, 2.24) is 15.0 Å². The van der Waals surface area contributed by atoms with Gasteiger partial charge < -0.3 is 9.84 Å². The van der Waals surface area contributed by atoms with E-state index in [4.69, 9.17) is 4.52 Å². The number of rotatable bonds is 8. The van der Waals surface area contributed by atoms with Crippen LogP contribution < -0.4 is 5.32 Å². The fourth-order valence-corrected chi connectivity index (χ4v) is 5.53. The number of likely N-dealkylation sites (tertiary alicyclic amines) is 1. The monoisotopic (exact) mass is 512 g/mol. The zero-order valence-electron chi connectivity index (χ0n) is 21.3. The molecule has 5 rings (SSSR count). The molecule has 0 saturated carbocycles. The standard InChI is InChI=1S/C30H32N4O2S/c1-21-8-6-7-11-26(21)29-32-28(36-33-29)19-34-16-14-24(15-17-34)30(35)31-27-13-12-23(18-22(27)2)20-37-25-9-4-3-5-10-25/h3-13,18,24H,14-17,19-20H2,1-2H3,(H,31,35). The normalized spacial score (nSPS) is 14.5. The molecule has 1 aromatic heterocycles. The molecule has 4 aromatic rings. The molecule has 37 heavy (non-hydrogen) atoms. The van der Waals surface area contributed by atoms with E-state index in [1.165, 1.54) is 10.5 Å². The lowest BCUT2D eigenvalue weighted by molar-refractivity contribution is -0.121. The van der Waals surface area contributed by atoms with E-state index in [-0.39, 0.29) is 11.8 Å². The Bertz CT molecular complexity index is 1350. The number of thioether (sulfide) groups is 1. The molecule has 190 valence electrons. The van der Waals surface area contributed by atoms with Gasteiger partial charge in [0.1, 0.15) is 0 Å². The Hall–Kier alpha value is -3.42. The van der Waals surface area contributed by atoms with Crippen LogP contribution in [0.3, 0.4) is 0 Å². The van der Waals surface area contributed by atoms with Gasteiger partial charge in [0.05, 0.1) is 6.54 Å². The van der Waals surface area contributed by atoms with Crippen LogP contribution in [0.25, 0.3) is 11.4 Å². The Morgan fingerprint density at radius 3 is 2.51 bits per heavy atom. The van der Waals surface area contributed by atoms with Crippen LogP contribution in [-0.2, 0) is 17.1 Å². The molecular formula is C30H32N4O2S. The first-order chi connectivity index (χ1) is 18.0. The molecule has 0 radical (unpaired) electrons. The molecule has 0 bridgehead atoms. The van der Waals surface area contributed by atoms with Gasteiger partial charge in [0.25, 0.3) is 0 Å². The van der Waals surface area contributed by atoms with E-state index >= 15 is 0 Å². The fourth-order valence-electron chi connectivity index (χ4n) is 4.67. The van der Waals surface area contributed by atoms with Gasteiger partial charge in [-0.1, -0.05) is 59.8 Å². The number of nitrogens with one attached hydrogen (secondary N) is 1. The van der Waals surface area contributed by atoms with Gasteiger partial charge in [-0.15, -0.1) is 11.8 Å². The predicted molar refractivity (Wildman–Crippen MR) is 148 cm³/mol. The van der Waals surface area contributed by atoms with Gasteiger partial charge in [-0.2, -0.15) is 4.98 Å². The Morgan fingerprint density at radius 1 is 1.00 bits per heavy atom. The van der Waals surface area contributed by atoms with Crippen molar-refractivity contribution >= 4 is 23.4 Å². The number of hydrogen-bond acceptors (Lipinski definition) is 6. The van der Waals surface area contributed by atoms with Crippen LogP contribution in [0.15, 0.2) is 82.2 Å². The molecule has 0 aliphatic carbocycles. The summed E-state index contributed by atoms with van der Waals surface area (Å²) in [6.07, 6.45) is 1.63. The summed E-state index contributed by atoms with van der Waals surface area (Å²) in [7, 11) is 0.